The van der Waals surface area contributed by atoms with Gasteiger partial charge in [-0.15, -0.1) is 0 Å². The van der Waals surface area contributed by atoms with Crippen LogP contribution >= 0.6 is 0 Å². The number of aliphatic hydroxyl groups is 5. The lowest BCUT2D eigenvalue weighted by Gasteiger charge is -2.47. The number of nitrogens with one attached hydrogen (secondary N) is 1. The molecule has 0 spiro atoms. The van der Waals surface area contributed by atoms with Gasteiger partial charge in [0.05, 0.1) is 25.9 Å². The molecule has 1 amide bonds. The van der Waals surface area contributed by atoms with E-state index in [1.54, 1.807) is 6.92 Å². The van der Waals surface area contributed by atoms with Crippen molar-refractivity contribution in [2.45, 2.75) is 89.9 Å². The molecule has 4 unspecified atom stereocenters. The Hall–Kier alpha value is -0.890. The Balaban J connectivity index is 2.21. The fourth-order valence-corrected chi connectivity index (χ4v) is 3.63. The largest absolute Gasteiger partial charge is 0.394 e. The Morgan fingerprint density at radius 1 is 0.968 bits per heavy atom. The summed E-state index contributed by atoms with van der Waals surface area (Å²) in [5.74, 6) is -1.13. The van der Waals surface area contributed by atoms with E-state index in [-0.39, 0.29) is 12.0 Å². The van der Waals surface area contributed by atoms with Gasteiger partial charge in [-0.05, 0) is 5.41 Å². The lowest BCUT2D eigenvalue weighted by molar-refractivity contribution is -0.340. The third kappa shape index (κ3) is 6.56. The number of ether oxygens (including phenoxy) is 4. The molecule has 6 N–H and O–H groups in total. The number of aliphatic hydroxyl groups excluding tert-OH is 5. The number of carbonyl (C=O) groups is 1. The zero-order valence-electron chi connectivity index (χ0n) is 18.7. The first-order valence-electron chi connectivity index (χ1n) is 10.5. The standard InChI is InChI=1S/C20H37NO10/c1-9-14(25)15(26)11(6-22)29-18(9)31-17-12(7-23)30-19(28-8-20(3,4)5)13(16(17)27)21-10(2)24/h9,11-19,22-23,25-27H,6-8H2,1-5H3,(H,21,24)/t9?,11?,12?,13?,14-,15-,16-,17-,18+,19-/m1/s1. The van der Waals surface area contributed by atoms with Crippen LogP contribution < -0.4 is 5.32 Å². The van der Waals surface area contributed by atoms with Gasteiger partial charge >= 0.3 is 0 Å². The molecular weight excluding hydrogens is 414 g/mol. The van der Waals surface area contributed by atoms with Gasteiger partial charge in [-0.25, -0.2) is 0 Å². The van der Waals surface area contributed by atoms with Crippen LogP contribution in [0.5, 0.6) is 0 Å². The minimum atomic E-state index is -1.34. The quantitative estimate of drug-likeness (QED) is 0.257. The molecular formula is C20H37NO10. The molecule has 0 aromatic carbocycles. The van der Waals surface area contributed by atoms with E-state index in [1.807, 2.05) is 20.8 Å². The minimum absolute atomic E-state index is 0.210. The summed E-state index contributed by atoms with van der Waals surface area (Å²) in [5, 5.41) is 53.1. The first kappa shape index (κ1) is 26.4. The van der Waals surface area contributed by atoms with Gasteiger partial charge < -0.3 is 49.8 Å². The molecule has 2 rings (SSSR count). The van der Waals surface area contributed by atoms with Crippen LogP contribution in [0.25, 0.3) is 0 Å². The third-order valence-corrected chi connectivity index (χ3v) is 5.38. The van der Waals surface area contributed by atoms with Gasteiger partial charge in [-0.1, -0.05) is 27.7 Å². The smallest absolute Gasteiger partial charge is 0.217 e. The van der Waals surface area contributed by atoms with Gasteiger partial charge in [0, 0.05) is 12.8 Å². The lowest BCUT2D eigenvalue weighted by Crippen LogP contribution is -2.67. The van der Waals surface area contributed by atoms with Crippen molar-refractivity contribution < 1.29 is 49.3 Å². The number of rotatable bonds is 7. The fraction of sp³-hybridized carbons (Fsp3) is 0.950. The Morgan fingerprint density at radius 2 is 1.55 bits per heavy atom. The van der Waals surface area contributed by atoms with E-state index in [4.69, 9.17) is 18.9 Å². The molecule has 0 bridgehead atoms. The second kappa shape index (κ2) is 10.8. The second-order valence-electron chi connectivity index (χ2n) is 9.48. The Kier molecular flexibility index (Phi) is 9.20. The average Bonchev–Trinajstić information content (AvgIpc) is 2.69. The molecule has 2 heterocycles. The van der Waals surface area contributed by atoms with Gasteiger partial charge in [0.1, 0.15) is 36.6 Å². The van der Waals surface area contributed by atoms with E-state index >= 15 is 0 Å². The number of carbonyl (C=O) groups excluding carboxylic acids is 1. The van der Waals surface area contributed by atoms with E-state index in [9.17, 15) is 30.3 Å². The molecule has 11 nitrogen and oxygen atoms in total. The van der Waals surface area contributed by atoms with E-state index in [0.717, 1.165) is 0 Å². The summed E-state index contributed by atoms with van der Waals surface area (Å²) in [4.78, 5) is 11.7. The van der Waals surface area contributed by atoms with Gasteiger partial charge in [-0.2, -0.15) is 0 Å². The predicted octanol–water partition coefficient (Wildman–Crippen LogP) is -1.91. The van der Waals surface area contributed by atoms with Crippen LogP contribution in [-0.2, 0) is 23.7 Å². The molecule has 0 aliphatic carbocycles. The maximum atomic E-state index is 11.7. The first-order valence-corrected chi connectivity index (χ1v) is 10.5. The van der Waals surface area contributed by atoms with Crippen LogP contribution in [0.4, 0.5) is 0 Å². The average molecular weight is 452 g/mol. The summed E-state index contributed by atoms with van der Waals surface area (Å²) in [6.45, 7) is 7.94. The molecule has 0 saturated carbocycles. The maximum absolute atomic E-state index is 11.7. The molecule has 2 aliphatic heterocycles. The van der Waals surface area contributed by atoms with Crippen LogP contribution in [-0.4, -0.2) is 107 Å². The van der Waals surface area contributed by atoms with Crippen molar-refractivity contribution in [3.05, 3.63) is 0 Å². The van der Waals surface area contributed by atoms with Gasteiger partial charge in [0.25, 0.3) is 0 Å². The van der Waals surface area contributed by atoms with Crippen LogP contribution in [0.15, 0.2) is 0 Å². The normalized spacial score (nSPS) is 41.7. The summed E-state index contributed by atoms with van der Waals surface area (Å²) < 4.78 is 23.0. The molecule has 182 valence electrons. The van der Waals surface area contributed by atoms with E-state index < -0.39 is 80.3 Å². The topological polar surface area (TPSA) is 167 Å². The maximum Gasteiger partial charge on any atom is 0.217 e. The summed E-state index contributed by atoms with van der Waals surface area (Å²) in [7, 11) is 0. The summed E-state index contributed by atoms with van der Waals surface area (Å²) in [6, 6.07) is -0.990. The summed E-state index contributed by atoms with van der Waals surface area (Å²) >= 11 is 0. The number of hydrogen-bond donors (Lipinski definition) is 6. The van der Waals surface area contributed by atoms with Crippen molar-refractivity contribution in [2.75, 3.05) is 19.8 Å². The molecule has 0 aromatic heterocycles. The van der Waals surface area contributed by atoms with Crippen molar-refractivity contribution in [3.63, 3.8) is 0 Å². The Bertz CT molecular complexity index is 583. The Morgan fingerprint density at radius 3 is 2.06 bits per heavy atom. The van der Waals surface area contributed by atoms with E-state index in [1.165, 1.54) is 6.92 Å². The van der Waals surface area contributed by atoms with Crippen molar-refractivity contribution >= 4 is 5.91 Å². The van der Waals surface area contributed by atoms with Crippen molar-refractivity contribution in [1.29, 1.82) is 0 Å². The van der Waals surface area contributed by atoms with Crippen LogP contribution in [0.2, 0.25) is 0 Å². The molecule has 2 saturated heterocycles. The highest BCUT2D eigenvalue weighted by Gasteiger charge is 2.50. The van der Waals surface area contributed by atoms with Crippen LogP contribution in [0.3, 0.4) is 0 Å². The summed E-state index contributed by atoms with van der Waals surface area (Å²) in [6.07, 6.45) is -9.27. The number of hydrogen-bond acceptors (Lipinski definition) is 10. The van der Waals surface area contributed by atoms with Crippen molar-refractivity contribution in [2.24, 2.45) is 11.3 Å². The van der Waals surface area contributed by atoms with Crippen LogP contribution in [0.1, 0.15) is 34.6 Å². The highest BCUT2D eigenvalue weighted by atomic mass is 16.7. The van der Waals surface area contributed by atoms with E-state index in [0.29, 0.717) is 0 Å². The first-order chi connectivity index (χ1) is 14.4. The molecule has 2 fully saturated rings. The SMILES string of the molecule is CC(=O)NC1[C@H](OCC(C)(C)C)OC(CO)[C@@H](O[C@@H]2OC(CO)[C@@H](O)[C@H](O)C2C)[C@@H]1O. The molecule has 0 radical (unpaired) electrons. The minimum Gasteiger partial charge on any atom is -0.394 e. The lowest BCUT2D eigenvalue weighted by atomic mass is 9.91. The van der Waals surface area contributed by atoms with Crippen LogP contribution in [0, 0.1) is 11.3 Å². The highest BCUT2D eigenvalue weighted by Crippen LogP contribution is 2.32. The van der Waals surface area contributed by atoms with E-state index in [2.05, 4.69) is 5.32 Å². The highest BCUT2D eigenvalue weighted by molar-refractivity contribution is 5.73. The predicted molar refractivity (Wildman–Crippen MR) is 107 cm³/mol. The fourth-order valence-electron chi connectivity index (χ4n) is 3.63. The Labute approximate surface area is 182 Å². The third-order valence-electron chi connectivity index (χ3n) is 5.38. The van der Waals surface area contributed by atoms with Gasteiger partial charge in [0.15, 0.2) is 12.6 Å². The molecule has 2 aliphatic rings. The monoisotopic (exact) mass is 451 g/mol. The second-order valence-corrected chi connectivity index (χ2v) is 9.48. The molecule has 0 aromatic rings. The molecule has 11 heteroatoms. The van der Waals surface area contributed by atoms with Gasteiger partial charge in [0.2, 0.25) is 5.91 Å². The molecule has 31 heavy (non-hydrogen) atoms. The zero-order chi connectivity index (χ0) is 23.5. The summed E-state index contributed by atoms with van der Waals surface area (Å²) in [5.41, 5.74) is -0.210. The zero-order valence-corrected chi connectivity index (χ0v) is 18.7. The number of amides is 1. The molecule has 10 atom stereocenters. The van der Waals surface area contributed by atoms with Crippen molar-refractivity contribution in [1.82, 2.24) is 5.32 Å². The van der Waals surface area contributed by atoms with Crippen molar-refractivity contribution in [3.8, 4) is 0 Å². The van der Waals surface area contributed by atoms with Gasteiger partial charge in [-0.3, -0.25) is 4.79 Å².